The lowest BCUT2D eigenvalue weighted by molar-refractivity contribution is -0.117. The van der Waals surface area contributed by atoms with Gasteiger partial charge in [-0.1, -0.05) is 13.0 Å². The second-order valence-electron chi connectivity index (χ2n) is 5.29. The molecule has 110 valence electrons. The first-order chi connectivity index (χ1) is 9.58. The van der Waals surface area contributed by atoms with Crippen LogP contribution in [0.2, 0.25) is 0 Å². The fourth-order valence-corrected chi connectivity index (χ4v) is 2.34. The molecule has 1 aromatic rings. The largest absolute Gasteiger partial charge is 0.394 e. The third-order valence-electron chi connectivity index (χ3n) is 3.80. The molecule has 2 rings (SSSR count). The first-order valence-electron chi connectivity index (χ1n) is 7.10. The van der Waals surface area contributed by atoms with Crippen molar-refractivity contribution >= 4 is 17.3 Å². The van der Waals surface area contributed by atoms with Crippen LogP contribution in [-0.2, 0) is 4.79 Å². The summed E-state index contributed by atoms with van der Waals surface area (Å²) in [6.07, 6.45) is 0.994. The summed E-state index contributed by atoms with van der Waals surface area (Å²) in [7, 11) is 1.94. The van der Waals surface area contributed by atoms with Gasteiger partial charge in [-0.15, -0.1) is 0 Å². The van der Waals surface area contributed by atoms with Gasteiger partial charge in [-0.2, -0.15) is 0 Å². The fourth-order valence-electron chi connectivity index (χ4n) is 2.34. The lowest BCUT2D eigenvalue weighted by Gasteiger charge is -2.26. The maximum Gasteiger partial charge on any atom is 0.246 e. The summed E-state index contributed by atoms with van der Waals surface area (Å²) < 4.78 is 0. The summed E-state index contributed by atoms with van der Waals surface area (Å²) in [4.78, 5) is 14.0. The van der Waals surface area contributed by atoms with Gasteiger partial charge in [-0.05, 0) is 32.0 Å². The van der Waals surface area contributed by atoms with Crippen molar-refractivity contribution in [3.63, 3.8) is 0 Å². The molecule has 0 saturated carbocycles. The normalized spacial score (nSPS) is 18.6. The van der Waals surface area contributed by atoms with Gasteiger partial charge in [0.2, 0.25) is 5.91 Å². The number of benzene rings is 1. The Morgan fingerprint density at radius 1 is 1.50 bits per heavy atom. The second kappa shape index (κ2) is 6.24. The number of hydrogen-bond acceptors (Lipinski definition) is 4. The smallest absolute Gasteiger partial charge is 0.246 e. The molecule has 0 fully saturated rings. The van der Waals surface area contributed by atoms with Crippen molar-refractivity contribution < 1.29 is 9.90 Å². The molecule has 5 nitrogen and oxygen atoms in total. The molecule has 1 aromatic carbocycles. The molecule has 0 radical (unpaired) electrons. The van der Waals surface area contributed by atoms with Crippen LogP contribution in [0.5, 0.6) is 0 Å². The monoisotopic (exact) mass is 277 g/mol. The Bertz CT molecular complexity index is 490. The van der Waals surface area contributed by atoms with Crippen LogP contribution >= 0.6 is 0 Å². The van der Waals surface area contributed by atoms with Gasteiger partial charge in [0.15, 0.2) is 0 Å². The minimum Gasteiger partial charge on any atom is -0.394 e. The van der Waals surface area contributed by atoms with Crippen molar-refractivity contribution in [3.05, 3.63) is 23.8 Å². The number of aliphatic hydroxyl groups is 1. The molecule has 0 spiro atoms. The van der Waals surface area contributed by atoms with Crippen molar-refractivity contribution in [2.45, 2.75) is 32.4 Å². The lowest BCUT2D eigenvalue weighted by atomic mass is 10.1. The van der Waals surface area contributed by atoms with Crippen LogP contribution in [0.15, 0.2) is 18.2 Å². The summed E-state index contributed by atoms with van der Waals surface area (Å²) in [5.41, 5.74) is 2.84. The van der Waals surface area contributed by atoms with Crippen molar-refractivity contribution in [1.82, 2.24) is 5.32 Å². The Balaban J connectivity index is 2.21. The average Bonchev–Trinajstić information content (AvgIpc) is 2.77. The summed E-state index contributed by atoms with van der Waals surface area (Å²) in [5.74, 6) is 0.00320. The molecule has 1 aliphatic rings. The predicted molar refractivity (Wildman–Crippen MR) is 81.1 cm³/mol. The van der Waals surface area contributed by atoms with Gasteiger partial charge in [-0.3, -0.25) is 4.79 Å². The van der Waals surface area contributed by atoms with Crippen LogP contribution in [0.3, 0.4) is 0 Å². The standard InChI is InChI=1S/C15H23N3O2/c1-4-7-16-14-12-6-5-11(18(3)10(2)9-19)8-13(12)17-15(14)20/h5-6,8,10,14,16,19H,4,7,9H2,1-3H3,(H,17,20). The van der Waals surface area contributed by atoms with Gasteiger partial charge in [0.25, 0.3) is 0 Å². The first-order valence-corrected chi connectivity index (χ1v) is 7.10. The van der Waals surface area contributed by atoms with E-state index in [-0.39, 0.29) is 24.6 Å². The SMILES string of the molecule is CCCNC1C(=O)Nc2cc(N(C)C(C)CO)ccc21. The zero-order chi connectivity index (χ0) is 14.7. The number of aliphatic hydroxyl groups excluding tert-OH is 1. The lowest BCUT2D eigenvalue weighted by Crippen LogP contribution is -2.31. The van der Waals surface area contributed by atoms with E-state index in [4.69, 9.17) is 0 Å². The fraction of sp³-hybridized carbons (Fsp3) is 0.533. The average molecular weight is 277 g/mol. The number of fused-ring (bicyclic) bond motifs is 1. The molecular weight excluding hydrogens is 254 g/mol. The van der Waals surface area contributed by atoms with E-state index in [1.807, 2.05) is 37.1 Å². The van der Waals surface area contributed by atoms with Crippen molar-refractivity contribution in [2.24, 2.45) is 0 Å². The quantitative estimate of drug-likeness (QED) is 0.737. The van der Waals surface area contributed by atoms with Crippen LogP contribution in [0.4, 0.5) is 11.4 Å². The van der Waals surface area contributed by atoms with Gasteiger partial charge >= 0.3 is 0 Å². The molecule has 5 heteroatoms. The van der Waals surface area contributed by atoms with E-state index in [0.29, 0.717) is 0 Å². The van der Waals surface area contributed by atoms with Crippen molar-refractivity contribution in [3.8, 4) is 0 Å². The van der Waals surface area contributed by atoms with Crippen molar-refractivity contribution in [2.75, 3.05) is 30.4 Å². The molecule has 0 aromatic heterocycles. The molecule has 1 aliphatic heterocycles. The van der Waals surface area contributed by atoms with Crippen LogP contribution < -0.4 is 15.5 Å². The molecule has 1 amide bonds. The Hall–Kier alpha value is -1.59. The topological polar surface area (TPSA) is 64.6 Å². The minimum absolute atomic E-state index is 0.00320. The molecule has 0 bridgehead atoms. The zero-order valence-corrected chi connectivity index (χ0v) is 12.3. The van der Waals surface area contributed by atoms with E-state index in [1.165, 1.54) is 0 Å². The minimum atomic E-state index is -0.250. The number of nitrogens with one attached hydrogen (secondary N) is 2. The van der Waals surface area contributed by atoms with Crippen LogP contribution in [0.1, 0.15) is 31.9 Å². The summed E-state index contributed by atoms with van der Waals surface area (Å²) in [6, 6.07) is 5.73. The van der Waals surface area contributed by atoms with Gasteiger partial charge in [-0.25, -0.2) is 0 Å². The number of amides is 1. The third kappa shape index (κ3) is 2.78. The summed E-state index contributed by atoms with van der Waals surface area (Å²) in [6.45, 7) is 4.95. The van der Waals surface area contributed by atoms with E-state index < -0.39 is 0 Å². The van der Waals surface area contributed by atoms with Gasteiger partial charge < -0.3 is 20.6 Å². The molecule has 1 heterocycles. The van der Waals surface area contributed by atoms with E-state index in [2.05, 4.69) is 17.6 Å². The predicted octanol–water partition coefficient (Wildman–Crippen LogP) is 1.50. The molecule has 0 aliphatic carbocycles. The highest BCUT2D eigenvalue weighted by Crippen LogP contribution is 2.34. The summed E-state index contributed by atoms with van der Waals surface area (Å²) >= 11 is 0. The molecule has 2 unspecified atom stereocenters. The number of nitrogens with zero attached hydrogens (tertiary/aromatic N) is 1. The highest BCUT2D eigenvalue weighted by atomic mass is 16.3. The number of carbonyl (C=O) groups excluding carboxylic acids is 1. The number of carbonyl (C=O) groups is 1. The van der Waals surface area contributed by atoms with Crippen molar-refractivity contribution in [1.29, 1.82) is 0 Å². The Morgan fingerprint density at radius 2 is 2.25 bits per heavy atom. The maximum atomic E-state index is 12.0. The molecule has 3 N–H and O–H groups in total. The number of anilines is 2. The zero-order valence-electron chi connectivity index (χ0n) is 12.3. The van der Waals surface area contributed by atoms with E-state index in [1.54, 1.807) is 0 Å². The number of rotatable bonds is 6. The van der Waals surface area contributed by atoms with Crippen LogP contribution in [0.25, 0.3) is 0 Å². The first kappa shape index (κ1) is 14.8. The molecule has 0 saturated heterocycles. The highest BCUT2D eigenvalue weighted by Gasteiger charge is 2.30. The number of likely N-dealkylation sites (N-methyl/N-ethyl adjacent to an activating group) is 1. The van der Waals surface area contributed by atoms with Gasteiger partial charge in [0.1, 0.15) is 6.04 Å². The van der Waals surface area contributed by atoms with E-state index in [0.717, 1.165) is 29.9 Å². The highest BCUT2D eigenvalue weighted by molar-refractivity contribution is 6.03. The van der Waals surface area contributed by atoms with Crippen LogP contribution in [-0.4, -0.2) is 37.3 Å². The maximum absolute atomic E-state index is 12.0. The summed E-state index contributed by atoms with van der Waals surface area (Å²) in [5, 5.41) is 15.4. The Labute approximate surface area is 120 Å². The number of hydrogen-bond donors (Lipinski definition) is 3. The second-order valence-corrected chi connectivity index (χ2v) is 5.29. The Kier molecular flexibility index (Phi) is 4.62. The molecular formula is C15H23N3O2. The van der Waals surface area contributed by atoms with E-state index >= 15 is 0 Å². The van der Waals surface area contributed by atoms with Gasteiger partial charge in [0.05, 0.1) is 6.61 Å². The molecule has 2 atom stereocenters. The van der Waals surface area contributed by atoms with Gasteiger partial charge in [0, 0.05) is 30.0 Å². The molecule has 20 heavy (non-hydrogen) atoms. The van der Waals surface area contributed by atoms with Crippen LogP contribution in [0, 0.1) is 0 Å². The third-order valence-corrected chi connectivity index (χ3v) is 3.80. The Morgan fingerprint density at radius 3 is 2.90 bits per heavy atom. The van der Waals surface area contributed by atoms with E-state index in [9.17, 15) is 9.90 Å².